The van der Waals surface area contributed by atoms with Gasteiger partial charge in [-0.25, -0.2) is 0 Å². The van der Waals surface area contributed by atoms with Gasteiger partial charge in [0.1, 0.15) is 6.04 Å². The zero-order valence-electron chi connectivity index (χ0n) is 20.0. The zero-order valence-corrected chi connectivity index (χ0v) is 20.0. The normalized spacial score (nSPS) is 12.3. The molecule has 0 saturated carbocycles. The molecule has 0 aromatic heterocycles. The predicted molar refractivity (Wildman–Crippen MR) is 128 cm³/mol. The molecule has 2 aromatic carbocycles. The highest BCUT2D eigenvalue weighted by Gasteiger charge is 2.25. The monoisotopic (exact) mass is 422 g/mol. The number of benzene rings is 2. The summed E-state index contributed by atoms with van der Waals surface area (Å²) in [6.45, 7) is 13.5. The van der Waals surface area contributed by atoms with Crippen LogP contribution in [0, 0.1) is 6.92 Å². The first-order valence-electron chi connectivity index (χ1n) is 11.3. The lowest BCUT2D eigenvalue weighted by molar-refractivity contribution is -0.140. The highest BCUT2D eigenvalue weighted by atomic mass is 16.2. The van der Waals surface area contributed by atoms with E-state index in [1.54, 1.807) is 4.90 Å². The van der Waals surface area contributed by atoms with Gasteiger partial charge < -0.3 is 10.2 Å². The van der Waals surface area contributed by atoms with Gasteiger partial charge in [-0.05, 0) is 48.8 Å². The van der Waals surface area contributed by atoms with Crippen LogP contribution in [-0.4, -0.2) is 29.3 Å². The number of amides is 2. The van der Waals surface area contributed by atoms with Crippen LogP contribution in [0.15, 0.2) is 48.5 Å². The second kappa shape index (κ2) is 11.1. The van der Waals surface area contributed by atoms with Crippen LogP contribution in [0.1, 0.15) is 69.7 Å². The Morgan fingerprint density at radius 3 is 2.29 bits per heavy atom. The van der Waals surface area contributed by atoms with Crippen molar-refractivity contribution in [2.24, 2.45) is 0 Å². The standard InChI is InChI=1S/C27H38N2O2/c1-7-17-28-26(31)21(3)29(19-23-10-8-9-20(2)18-23)25(30)16-13-22-11-14-24(15-12-22)27(4,5)6/h8-12,14-15,18,21H,7,13,16-17,19H2,1-6H3,(H,28,31)/t21-/m1/s1. The average Bonchev–Trinajstić information content (AvgIpc) is 2.73. The molecule has 0 heterocycles. The predicted octanol–water partition coefficient (Wildman–Crippen LogP) is 5.17. The van der Waals surface area contributed by atoms with Crippen LogP contribution in [-0.2, 0) is 28.0 Å². The van der Waals surface area contributed by atoms with Crippen LogP contribution in [0.5, 0.6) is 0 Å². The van der Waals surface area contributed by atoms with Gasteiger partial charge in [0.2, 0.25) is 11.8 Å². The van der Waals surface area contributed by atoms with Crippen molar-refractivity contribution in [3.63, 3.8) is 0 Å². The van der Waals surface area contributed by atoms with Gasteiger partial charge in [-0.1, -0.05) is 81.8 Å². The Morgan fingerprint density at radius 2 is 1.71 bits per heavy atom. The molecule has 0 aliphatic heterocycles. The molecule has 4 nitrogen and oxygen atoms in total. The van der Waals surface area contributed by atoms with E-state index < -0.39 is 6.04 Å². The SMILES string of the molecule is CCCNC(=O)[C@@H](C)N(Cc1cccc(C)c1)C(=O)CCc1ccc(C(C)(C)C)cc1. The van der Waals surface area contributed by atoms with Gasteiger partial charge in [0.15, 0.2) is 0 Å². The van der Waals surface area contributed by atoms with Crippen LogP contribution in [0.3, 0.4) is 0 Å². The van der Waals surface area contributed by atoms with Gasteiger partial charge in [-0.3, -0.25) is 9.59 Å². The van der Waals surface area contributed by atoms with Crippen molar-refractivity contribution < 1.29 is 9.59 Å². The molecule has 0 radical (unpaired) electrons. The number of carbonyl (C=O) groups excluding carboxylic acids is 2. The Morgan fingerprint density at radius 1 is 1.03 bits per heavy atom. The van der Waals surface area contributed by atoms with Gasteiger partial charge in [0, 0.05) is 19.5 Å². The highest BCUT2D eigenvalue weighted by molar-refractivity contribution is 5.87. The van der Waals surface area contributed by atoms with Crippen molar-refractivity contribution in [3.05, 3.63) is 70.8 Å². The number of hydrogen-bond donors (Lipinski definition) is 1. The number of nitrogens with one attached hydrogen (secondary N) is 1. The molecular weight excluding hydrogens is 384 g/mol. The first kappa shape index (κ1) is 24.6. The summed E-state index contributed by atoms with van der Waals surface area (Å²) in [6.07, 6.45) is 1.91. The maximum Gasteiger partial charge on any atom is 0.242 e. The molecule has 0 saturated heterocycles. The van der Waals surface area contributed by atoms with Crippen LogP contribution in [0.2, 0.25) is 0 Å². The second-order valence-electron chi connectivity index (χ2n) is 9.42. The molecule has 1 atom stereocenters. The van der Waals surface area contributed by atoms with E-state index in [4.69, 9.17) is 0 Å². The fraction of sp³-hybridized carbons (Fsp3) is 0.481. The van der Waals surface area contributed by atoms with E-state index in [-0.39, 0.29) is 17.2 Å². The number of nitrogens with zero attached hydrogens (tertiary/aromatic N) is 1. The Kier molecular flexibility index (Phi) is 8.85. The lowest BCUT2D eigenvalue weighted by atomic mass is 9.86. The minimum absolute atomic E-state index is 0.000512. The van der Waals surface area contributed by atoms with Gasteiger partial charge in [0.05, 0.1) is 0 Å². The summed E-state index contributed by atoms with van der Waals surface area (Å²) in [5.74, 6) is -0.0991. The van der Waals surface area contributed by atoms with Crippen LogP contribution >= 0.6 is 0 Å². The molecule has 1 N–H and O–H groups in total. The lowest BCUT2D eigenvalue weighted by Crippen LogP contribution is -2.47. The number of rotatable bonds is 9. The van der Waals surface area contributed by atoms with Crippen molar-refractivity contribution in [1.29, 1.82) is 0 Å². The largest absolute Gasteiger partial charge is 0.354 e. The Bertz CT molecular complexity index is 866. The van der Waals surface area contributed by atoms with E-state index in [9.17, 15) is 9.59 Å². The molecule has 0 aliphatic carbocycles. The molecule has 4 heteroatoms. The summed E-state index contributed by atoms with van der Waals surface area (Å²) >= 11 is 0. The third-order valence-electron chi connectivity index (χ3n) is 5.60. The minimum atomic E-state index is -0.511. The van der Waals surface area contributed by atoms with Crippen LogP contribution < -0.4 is 5.32 Å². The van der Waals surface area contributed by atoms with Gasteiger partial charge in [0.25, 0.3) is 0 Å². The third-order valence-corrected chi connectivity index (χ3v) is 5.60. The maximum absolute atomic E-state index is 13.2. The Balaban J connectivity index is 2.12. The van der Waals surface area contributed by atoms with Crippen molar-refractivity contribution >= 4 is 11.8 Å². The first-order chi connectivity index (χ1) is 14.6. The fourth-order valence-electron chi connectivity index (χ4n) is 3.55. The summed E-state index contributed by atoms with van der Waals surface area (Å²) in [5.41, 5.74) is 4.72. The van der Waals surface area contributed by atoms with Crippen LogP contribution in [0.4, 0.5) is 0 Å². The molecule has 0 aliphatic rings. The molecular formula is C27H38N2O2. The van der Waals surface area contributed by atoms with E-state index in [0.29, 0.717) is 25.9 Å². The average molecular weight is 423 g/mol. The maximum atomic E-state index is 13.2. The summed E-state index contributed by atoms with van der Waals surface area (Å²) in [6, 6.07) is 16.1. The topological polar surface area (TPSA) is 49.4 Å². The molecule has 0 fully saturated rings. The Hall–Kier alpha value is -2.62. The molecule has 31 heavy (non-hydrogen) atoms. The molecule has 0 spiro atoms. The number of carbonyl (C=O) groups is 2. The quantitative estimate of drug-likeness (QED) is 0.606. The summed E-state index contributed by atoms with van der Waals surface area (Å²) in [7, 11) is 0. The minimum Gasteiger partial charge on any atom is -0.354 e. The van der Waals surface area contributed by atoms with Crippen molar-refractivity contribution in [1.82, 2.24) is 10.2 Å². The zero-order chi connectivity index (χ0) is 23.0. The van der Waals surface area contributed by atoms with Gasteiger partial charge in [-0.2, -0.15) is 0 Å². The van der Waals surface area contributed by atoms with E-state index in [0.717, 1.165) is 23.1 Å². The highest BCUT2D eigenvalue weighted by Crippen LogP contribution is 2.22. The summed E-state index contributed by atoms with van der Waals surface area (Å²) in [4.78, 5) is 27.5. The van der Waals surface area contributed by atoms with E-state index >= 15 is 0 Å². The number of hydrogen-bond acceptors (Lipinski definition) is 2. The molecule has 2 amide bonds. The van der Waals surface area contributed by atoms with E-state index in [1.807, 2.05) is 39.0 Å². The smallest absolute Gasteiger partial charge is 0.242 e. The number of aryl methyl sites for hydroxylation is 2. The lowest BCUT2D eigenvalue weighted by Gasteiger charge is -2.29. The van der Waals surface area contributed by atoms with E-state index in [1.165, 1.54) is 5.56 Å². The molecule has 0 bridgehead atoms. The fourth-order valence-corrected chi connectivity index (χ4v) is 3.55. The first-order valence-corrected chi connectivity index (χ1v) is 11.3. The third kappa shape index (κ3) is 7.54. The van der Waals surface area contributed by atoms with Crippen molar-refractivity contribution in [2.75, 3.05) is 6.54 Å². The van der Waals surface area contributed by atoms with E-state index in [2.05, 4.69) is 56.4 Å². The Labute approximate surface area is 188 Å². The summed E-state index contributed by atoms with van der Waals surface area (Å²) < 4.78 is 0. The van der Waals surface area contributed by atoms with Crippen molar-refractivity contribution in [3.8, 4) is 0 Å². The summed E-state index contributed by atoms with van der Waals surface area (Å²) in [5, 5.41) is 2.93. The molecule has 0 unspecified atom stereocenters. The van der Waals surface area contributed by atoms with Gasteiger partial charge in [-0.15, -0.1) is 0 Å². The molecule has 2 aromatic rings. The second-order valence-corrected chi connectivity index (χ2v) is 9.42. The van der Waals surface area contributed by atoms with Crippen LogP contribution in [0.25, 0.3) is 0 Å². The van der Waals surface area contributed by atoms with Crippen molar-refractivity contribution in [2.45, 2.75) is 78.8 Å². The van der Waals surface area contributed by atoms with Gasteiger partial charge >= 0.3 is 0 Å². The molecule has 2 rings (SSSR count). The molecule has 168 valence electrons.